The zero-order valence-electron chi connectivity index (χ0n) is 10.5. The summed E-state index contributed by atoms with van der Waals surface area (Å²) in [4.78, 5) is 0.366. The first kappa shape index (κ1) is 14.0. The van der Waals surface area contributed by atoms with E-state index < -0.39 is 10.0 Å². The van der Waals surface area contributed by atoms with Crippen LogP contribution in [0, 0.1) is 0 Å². The summed E-state index contributed by atoms with van der Waals surface area (Å²) in [5.74, 6) is 0. The van der Waals surface area contributed by atoms with Gasteiger partial charge in [-0.25, -0.2) is 8.42 Å². The van der Waals surface area contributed by atoms with E-state index >= 15 is 0 Å². The summed E-state index contributed by atoms with van der Waals surface area (Å²) in [7, 11) is -1.66. The first-order valence-electron chi connectivity index (χ1n) is 6.25. The molecule has 0 aliphatic heterocycles. The molecule has 1 fully saturated rings. The second kappa shape index (κ2) is 5.72. The van der Waals surface area contributed by atoms with Gasteiger partial charge < -0.3 is 0 Å². The summed E-state index contributed by atoms with van der Waals surface area (Å²) in [5.41, 5.74) is 0. The highest BCUT2D eigenvalue weighted by atomic mass is 79.9. The quantitative estimate of drug-likeness (QED) is 0.851. The molecule has 1 saturated carbocycles. The Morgan fingerprint density at radius 2 is 1.89 bits per heavy atom. The molecule has 0 bridgehead atoms. The van der Waals surface area contributed by atoms with Crippen molar-refractivity contribution in [3.05, 3.63) is 28.7 Å². The van der Waals surface area contributed by atoms with Crippen LogP contribution in [0.25, 0.3) is 0 Å². The molecule has 1 aliphatic rings. The van der Waals surface area contributed by atoms with Gasteiger partial charge in [0.2, 0.25) is 10.0 Å². The fourth-order valence-electron chi connectivity index (χ4n) is 2.43. The van der Waals surface area contributed by atoms with Crippen LogP contribution in [0.5, 0.6) is 0 Å². The number of sulfonamides is 1. The minimum Gasteiger partial charge on any atom is -0.207 e. The molecule has 0 heterocycles. The SMILES string of the molecule is CN(C1CCCCC1)S(=O)(=O)c1cccc(Br)c1. The molecule has 0 atom stereocenters. The molecule has 2 rings (SSSR count). The van der Waals surface area contributed by atoms with Crippen LogP contribution in [0.15, 0.2) is 33.6 Å². The number of halogens is 1. The fourth-order valence-corrected chi connectivity index (χ4v) is 4.45. The summed E-state index contributed by atoms with van der Waals surface area (Å²) in [6, 6.07) is 7.06. The lowest BCUT2D eigenvalue weighted by atomic mass is 9.96. The fraction of sp³-hybridized carbons (Fsp3) is 0.538. The van der Waals surface area contributed by atoms with E-state index in [0.717, 1.165) is 30.2 Å². The topological polar surface area (TPSA) is 37.4 Å². The van der Waals surface area contributed by atoms with Gasteiger partial charge in [-0.3, -0.25) is 0 Å². The summed E-state index contributed by atoms with van der Waals surface area (Å²) in [6.45, 7) is 0. The first-order valence-corrected chi connectivity index (χ1v) is 8.49. The highest BCUT2D eigenvalue weighted by Gasteiger charge is 2.28. The Labute approximate surface area is 117 Å². The van der Waals surface area contributed by atoms with Crippen LogP contribution in [0.4, 0.5) is 0 Å². The molecule has 0 N–H and O–H groups in total. The van der Waals surface area contributed by atoms with Gasteiger partial charge >= 0.3 is 0 Å². The van der Waals surface area contributed by atoms with Crippen molar-refractivity contribution >= 4 is 26.0 Å². The third-order valence-corrected chi connectivity index (χ3v) is 5.96. The molecule has 0 saturated heterocycles. The molecule has 100 valence electrons. The van der Waals surface area contributed by atoms with Crippen molar-refractivity contribution < 1.29 is 8.42 Å². The molecular formula is C13H18BrNO2S. The smallest absolute Gasteiger partial charge is 0.207 e. The Kier molecular flexibility index (Phi) is 4.45. The lowest BCUT2D eigenvalue weighted by Crippen LogP contribution is -2.38. The van der Waals surface area contributed by atoms with E-state index in [0.29, 0.717) is 4.90 Å². The van der Waals surface area contributed by atoms with E-state index in [9.17, 15) is 8.42 Å². The lowest BCUT2D eigenvalue weighted by Gasteiger charge is -2.30. The predicted molar refractivity (Wildman–Crippen MR) is 76.0 cm³/mol. The van der Waals surface area contributed by atoms with E-state index in [-0.39, 0.29) is 6.04 Å². The number of nitrogens with zero attached hydrogens (tertiary/aromatic N) is 1. The Balaban J connectivity index is 2.24. The van der Waals surface area contributed by atoms with Gasteiger partial charge in [0.1, 0.15) is 0 Å². The maximum atomic E-state index is 12.5. The molecular weight excluding hydrogens is 314 g/mol. The minimum absolute atomic E-state index is 0.155. The van der Waals surface area contributed by atoms with Gasteiger partial charge in [-0.05, 0) is 31.0 Å². The van der Waals surface area contributed by atoms with Gasteiger partial charge in [-0.1, -0.05) is 41.3 Å². The number of rotatable bonds is 3. The van der Waals surface area contributed by atoms with Gasteiger partial charge in [0.05, 0.1) is 4.90 Å². The molecule has 0 unspecified atom stereocenters. The van der Waals surface area contributed by atoms with Crippen LogP contribution in [0.2, 0.25) is 0 Å². The average molecular weight is 332 g/mol. The average Bonchev–Trinajstić information content (AvgIpc) is 2.39. The van der Waals surface area contributed by atoms with Crippen molar-refractivity contribution in [3.8, 4) is 0 Å². The van der Waals surface area contributed by atoms with Crippen molar-refractivity contribution in [1.29, 1.82) is 0 Å². The van der Waals surface area contributed by atoms with E-state index in [1.807, 2.05) is 6.07 Å². The number of hydrogen-bond donors (Lipinski definition) is 0. The van der Waals surface area contributed by atoms with Crippen LogP contribution in [-0.2, 0) is 10.0 Å². The predicted octanol–water partition coefficient (Wildman–Crippen LogP) is 3.40. The van der Waals surface area contributed by atoms with Gasteiger partial charge in [0.15, 0.2) is 0 Å². The van der Waals surface area contributed by atoms with Crippen molar-refractivity contribution in [1.82, 2.24) is 4.31 Å². The Morgan fingerprint density at radius 3 is 2.50 bits per heavy atom. The van der Waals surface area contributed by atoms with Gasteiger partial charge in [0, 0.05) is 17.6 Å². The molecule has 0 radical (unpaired) electrons. The van der Waals surface area contributed by atoms with E-state index in [2.05, 4.69) is 15.9 Å². The van der Waals surface area contributed by atoms with Gasteiger partial charge in [-0.15, -0.1) is 0 Å². The third kappa shape index (κ3) is 2.95. The van der Waals surface area contributed by atoms with E-state index in [4.69, 9.17) is 0 Å². The Hall–Kier alpha value is -0.390. The Morgan fingerprint density at radius 1 is 1.22 bits per heavy atom. The molecule has 18 heavy (non-hydrogen) atoms. The largest absolute Gasteiger partial charge is 0.243 e. The van der Waals surface area contributed by atoms with Crippen LogP contribution in [-0.4, -0.2) is 25.8 Å². The molecule has 3 nitrogen and oxygen atoms in total. The third-order valence-electron chi connectivity index (χ3n) is 3.56. The lowest BCUT2D eigenvalue weighted by molar-refractivity contribution is 0.286. The number of benzene rings is 1. The molecule has 1 aromatic rings. The maximum Gasteiger partial charge on any atom is 0.243 e. The molecule has 0 amide bonds. The highest BCUT2D eigenvalue weighted by molar-refractivity contribution is 9.10. The van der Waals surface area contributed by atoms with Crippen LogP contribution in [0.1, 0.15) is 32.1 Å². The highest BCUT2D eigenvalue weighted by Crippen LogP contribution is 2.27. The van der Waals surface area contributed by atoms with E-state index in [1.165, 1.54) is 6.42 Å². The summed E-state index contributed by atoms with van der Waals surface area (Å²) in [6.07, 6.45) is 5.43. The summed E-state index contributed by atoms with van der Waals surface area (Å²) >= 11 is 3.32. The van der Waals surface area contributed by atoms with Crippen LogP contribution in [0.3, 0.4) is 0 Å². The van der Waals surface area contributed by atoms with E-state index in [1.54, 1.807) is 29.6 Å². The van der Waals surface area contributed by atoms with Gasteiger partial charge in [0.25, 0.3) is 0 Å². The molecule has 0 spiro atoms. The molecule has 5 heteroatoms. The normalized spacial score (nSPS) is 18.2. The molecule has 1 aromatic carbocycles. The van der Waals surface area contributed by atoms with Crippen LogP contribution >= 0.6 is 15.9 Å². The summed E-state index contributed by atoms with van der Waals surface area (Å²) < 4.78 is 27.3. The zero-order valence-corrected chi connectivity index (χ0v) is 12.9. The maximum absolute atomic E-state index is 12.5. The summed E-state index contributed by atoms with van der Waals surface area (Å²) in [5, 5.41) is 0. The zero-order chi connectivity index (χ0) is 13.2. The minimum atomic E-state index is -3.36. The van der Waals surface area contributed by atoms with Crippen LogP contribution < -0.4 is 0 Å². The van der Waals surface area contributed by atoms with Crippen molar-refractivity contribution in [2.75, 3.05) is 7.05 Å². The monoisotopic (exact) mass is 331 g/mol. The van der Waals surface area contributed by atoms with Gasteiger partial charge in [-0.2, -0.15) is 4.31 Å². The second-order valence-corrected chi connectivity index (χ2v) is 7.68. The van der Waals surface area contributed by atoms with Crippen molar-refractivity contribution in [3.63, 3.8) is 0 Å². The second-order valence-electron chi connectivity index (χ2n) is 4.77. The standard InChI is InChI=1S/C13H18BrNO2S/c1-15(12-7-3-2-4-8-12)18(16,17)13-9-5-6-11(14)10-13/h5-6,9-10,12H,2-4,7-8H2,1H3. The molecule has 1 aliphatic carbocycles. The Bertz CT molecular complexity index is 509. The van der Waals surface area contributed by atoms with Crippen molar-refractivity contribution in [2.24, 2.45) is 0 Å². The number of hydrogen-bond acceptors (Lipinski definition) is 2. The molecule has 0 aromatic heterocycles. The van der Waals surface area contributed by atoms with Crippen molar-refractivity contribution in [2.45, 2.75) is 43.0 Å². The first-order chi connectivity index (χ1) is 8.51.